The van der Waals surface area contributed by atoms with E-state index in [1.807, 2.05) is 42.5 Å². The van der Waals surface area contributed by atoms with Gasteiger partial charge in [0.25, 0.3) is 0 Å². The Kier molecular flexibility index (Phi) is 7.28. The van der Waals surface area contributed by atoms with Crippen molar-refractivity contribution in [3.63, 3.8) is 0 Å². The Bertz CT molecular complexity index is 771. The second-order valence-electron chi connectivity index (χ2n) is 7.06. The molecule has 6 heteroatoms. The molecule has 150 valence electrons. The zero-order chi connectivity index (χ0) is 19.8. The first kappa shape index (κ1) is 20.2. The summed E-state index contributed by atoms with van der Waals surface area (Å²) in [4.78, 5) is 14.4. The monoisotopic (exact) mass is 383 g/mol. The molecule has 0 spiro atoms. The van der Waals surface area contributed by atoms with Crippen molar-refractivity contribution in [2.24, 2.45) is 0 Å². The highest BCUT2D eigenvalue weighted by Gasteiger charge is 2.10. The molecule has 2 N–H and O–H groups in total. The van der Waals surface area contributed by atoms with Crippen molar-refractivity contribution in [2.75, 3.05) is 44.8 Å². The molecule has 0 atom stereocenters. The predicted octanol–water partition coefficient (Wildman–Crippen LogP) is 3.34. The fraction of sp³-hybridized carbons (Fsp3) is 0.409. The van der Waals surface area contributed by atoms with Gasteiger partial charge in [-0.2, -0.15) is 0 Å². The number of aryl methyl sites for hydroxylation is 2. The number of hydrogen-bond acceptors (Lipinski definition) is 4. The lowest BCUT2D eigenvalue weighted by Gasteiger charge is -2.26. The van der Waals surface area contributed by atoms with Gasteiger partial charge in [-0.25, -0.2) is 4.79 Å². The summed E-state index contributed by atoms with van der Waals surface area (Å²) < 4.78 is 11.0. The van der Waals surface area contributed by atoms with Gasteiger partial charge in [-0.1, -0.05) is 18.2 Å². The molecular weight excluding hydrogens is 354 g/mol. The molecule has 1 fully saturated rings. The summed E-state index contributed by atoms with van der Waals surface area (Å²) in [6.45, 7) is 9.42. The van der Waals surface area contributed by atoms with Gasteiger partial charge in [-0.3, -0.25) is 4.90 Å². The molecule has 6 nitrogen and oxygen atoms in total. The minimum atomic E-state index is -0.232. The molecule has 1 heterocycles. The summed E-state index contributed by atoms with van der Waals surface area (Å²) in [5.74, 6) is 0.821. The number of carbonyl (C=O) groups excluding carboxylic acids is 1. The number of carbonyl (C=O) groups is 1. The minimum Gasteiger partial charge on any atom is -0.492 e. The highest BCUT2D eigenvalue weighted by atomic mass is 16.5. The average Bonchev–Trinajstić information content (AvgIpc) is 2.70. The van der Waals surface area contributed by atoms with Gasteiger partial charge in [0, 0.05) is 25.3 Å². The maximum atomic E-state index is 12.0. The molecule has 0 radical (unpaired) electrons. The van der Waals surface area contributed by atoms with Crippen LogP contribution in [0.3, 0.4) is 0 Å². The van der Waals surface area contributed by atoms with Gasteiger partial charge in [0.1, 0.15) is 12.4 Å². The van der Waals surface area contributed by atoms with Crippen LogP contribution in [0.25, 0.3) is 0 Å². The summed E-state index contributed by atoms with van der Waals surface area (Å²) in [6.07, 6.45) is 0. The van der Waals surface area contributed by atoms with Gasteiger partial charge in [-0.05, 0) is 54.8 Å². The number of nitrogens with one attached hydrogen (secondary N) is 2. The summed E-state index contributed by atoms with van der Waals surface area (Å²) in [7, 11) is 0. The number of hydrogen-bond donors (Lipinski definition) is 2. The maximum Gasteiger partial charge on any atom is 0.319 e. The van der Waals surface area contributed by atoms with Crippen LogP contribution < -0.4 is 15.4 Å². The third-order valence-electron chi connectivity index (χ3n) is 4.86. The molecule has 0 aliphatic carbocycles. The molecule has 1 saturated heterocycles. The first-order valence-corrected chi connectivity index (χ1v) is 9.74. The normalized spacial score (nSPS) is 14.5. The maximum absolute atomic E-state index is 12.0. The molecule has 0 bridgehead atoms. The summed E-state index contributed by atoms with van der Waals surface area (Å²) in [6, 6.07) is 13.7. The van der Waals surface area contributed by atoms with Crippen LogP contribution in [-0.4, -0.2) is 50.4 Å². The Balaban J connectivity index is 1.36. The summed E-state index contributed by atoms with van der Waals surface area (Å²) >= 11 is 0. The molecule has 28 heavy (non-hydrogen) atoms. The standard InChI is InChI=1S/C22H29N3O3/c1-17-3-8-21(15-18(17)2)28-12-9-23-22(26)24-20-6-4-19(5-7-20)16-25-10-13-27-14-11-25/h3-8,15H,9-14,16H2,1-2H3,(H2,23,24,26). The highest BCUT2D eigenvalue weighted by molar-refractivity contribution is 5.89. The van der Waals surface area contributed by atoms with Crippen molar-refractivity contribution < 1.29 is 14.3 Å². The molecule has 0 aromatic heterocycles. The lowest BCUT2D eigenvalue weighted by molar-refractivity contribution is 0.0342. The quantitative estimate of drug-likeness (QED) is 0.720. The van der Waals surface area contributed by atoms with E-state index >= 15 is 0 Å². The van der Waals surface area contributed by atoms with Crippen molar-refractivity contribution in [1.82, 2.24) is 10.2 Å². The zero-order valence-electron chi connectivity index (χ0n) is 16.7. The second kappa shape index (κ2) is 10.1. The number of anilines is 1. The van der Waals surface area contributed by atoms with Crippen LogP contribution in [0.1, 0.15) is 16.7 Å². The van der Waals surface area contributed by atoms with E-state index < -0.39 is 0 Å². The largest absolute Gasteiger partial charge is 0.492 e. The first-order chi connectivity index (χ1) is 13.6. The van der Waals surface area contributed by atoms with E-state index in [0.29, 0.717) is 13.2 Å². The van der Waals surface area contributed by atoms with E-state index in [1.165, 1.54) is 16.7 Å². The molecular formula is C22H29N3O3. The lowest BCUT2D eigenvalue weighted by atomic mass is 10.1. The third-order valence-corrected chi connectivity index (χ3v) is 4.86. The van der Waals surface area contributed by atoms with E-state index in [0.717, 1.165) is 44.3 Å². The topological polar surface area (TPSA) is 62.8 Å². The average molecular weight is 383 g/mol. The molecule has 1 aliphatic heterocycles. The van der Waals surface area contributed by atoms with Crippen LogP contribution in [0, 0.1) is 13.8 Å². The Labute approximate surface area is 166 Å². The van der Waals surface area contributed by atoms with Gasteiger partial charge in [0.2, 0.25) is 0 Å². The Hall–Kier alpha value is -2.57. The van der Waals surface area contributed by atoms with Crippen molar-refractivity contribution in [3.05, 3.63) is 59.2 Å². The summed E-state index contributed by atoms with van der Waals surface area (Å²) in [5, 5.41) is 5.66. The predicted molar refractivity (Wildman–Crippen MR) is 111 cm³/mol. The van der Waals surface area contributed by atoms with Crippen LogP contribution in [0.4, 0.5) is 10.5 Å². The Morgan fingerprint density at radius 2 is 1.82 bits per heavy atom. The van der Waals surface area contributed by atoms with E-state index in [1.54, 1.807) is 0 Å². The number of nitrogens with zero attached hydrogens (tertiary/aromatic N) is 1. The molecule has 1 aliphatic rings. The third kappa shape index (κ3) is 6.25. The second-order valence-corrected chi connectivity index (χ2v) is 7.06. The molecule has 2 amide bonds. The van der Waals surface area contributed by atoms with Crippen LogP contribution in [0.15, 0.2) is 42.5 Å². The van der Waals surface area contributed by atoms with Gasteiger partial charge < -0.3 is 20.1 Å². The summed E-state index contributed by atoms with van der Waals surface area (Å²) in [5.41, 5.74) is 4.44. The van der Waals surface area contributed by atoms with Gasteiger partial charge in [-0.15, -0.1) is 0 Å². The number of ether oxygens (including phenoxy) is 2. The number of rotatable bonds is 7. The fourth-order valence-electron chi connectivity index (χ4n) is 3.02. The van der Waals surface area contributed by atoms with E-state index in [2.05, 4.69) is 29.4 Å². The van der Waals surface area contributed by atoms with Crippen LogP contribution in [0.5, 0.6) is 5.75 Å². The number of morpholine rings is 1. The van der Waals surface area contributed by atoms with E-state index in [9.17, 15) is 4.79 Å². The van der Waals surface area contributed by atoms with Crippen LogP contribution in [0.2, 0.25) is 0 Å². The van der Waals surface area contributed by atoms with Gasteiger partial charge >= 0.3 is 6.03 Å². The van der Waals surface area contributed by atoms with Crippen LogP contribution >= 0.6 is 0 Å². The van der Waals surface area contributed by atoms with Crippen LogP contribution in [-0.2, 0) is 11.3 Å². The Morgan fingerprint density at radius 1 is 1.07 bits per heavy atom. The van der Waals surface area contributed by atoms with Crippen molar-refractivity contribution >= 4 is 11.7 Å². The molecule has 2 aromatic rings. The van der Waals surface area contributed by atoms with E-state index in [4.69, 9.17) is 9.47 Å². The minimum absolute atomic E-state index is 0.232. The molecule has 0 saturated carbocycles. The lowest BCUT2D eigenvalue weighted by Crippen LogP contribution is -2.35. The molecule has 3 rings (SSSR count). The SMILES string of the molecule is Cc1ccc(OCCNC(=O)Nc2ccc(CN3CCOCC3)cc2)cc1C. The van der Waals surface area contributed by atoms with Crippen molar-refractivity contribution in [2.45, 2.75) is 20.4 Å². The number of urea groups is 1. The first-order valence-electron chi connectivity index (χ1n) is 9.74. The Morgan fingerprint density at radius 3 is 2.54 bits per heavy atom. The smallest absolute Gasteiger partial charge is 0.319 e. The molecule has 2 aromatic carbocycles. The number of amides is 2. The van der Waals surface area contributed by atoms with E-state index in [-0.39, 0.29) is 6.03 Å². The van der Waals surface area contributed by atoms with Gasteiger partial charge in [0.15, 0.2) is 0 Å². The zero-order valence-corrected chi connectivity index (χ0v) is 16.7. The molecule has 0 unspecified atom stereocenters. The fourth-order valence-corrected chi connectivity index (χ4v) is 3.02. The number of benzene rings is 2. The van der Waals surface area contributed by atoms with Crippen molar-refractivity contribution in [1.29, 1.82) is 0 Å². The van der Waals surface area contributed by atoms with Crippen molar-refractivity contribution in [3.8, 4) is 5.75 Å². The van der Waals surface area contributed by atoms with Gasteiger partial charge in [0.05, 0.1) is 19.8 Å². The highest BCUT2D eigenvalue weighted by Crippen LogP contribution is 2.16.